The van der Waals surface area contributed by atoms with Crippen molar-refractivity contribution in [2.24, 2.45) is 5.92 Å². The summed E-state index contributed by atoms with van der Waals surface area (Å²) in [6.07, 6.45) is 0.578. The maximum Gasteiger partial charge on any atom is 0.573 e. The van der Waals surface area contributed by atoms with Gasteiger partial charge in [-0.25, -0.2) is 4.98 Å². The lowest BCUT2D eigenvalue weighted by atomic mass is 9.90. The molecule has 28 heavy (non-hydrogen) atoms. The number of aromatic nitrogens is 1. The molecule has 4 nitrogen and oxygen atoms in total. The fourth-order valence-electron chi connectivity index (χ4n) is 3.70. The van der Waals surface area contributed by atoms with Crippen LogP contribution in [-0.4, -0.2) is 36.4 Å². The van der Waals surface area contributed by atoms with Crippen LogP contribution in [0.3, 0.4) is 0 Å². The molecule has 7 heteroatoms. The van der Waals surface area contributed by atoms with Crippen LogP contribution in [0.2, 0.25) is 0 Å². The molecule has 0 amide bonds. The van der Waals surface area contributed by atoms with Crippen LogP contribution in [0.1, 0.15) is 30.4 Å². The third kappa shape index (κ3) is 5.86. The Balaban J connectivity index is 1.49. The summed E-state index contributed by atoms with van der Waals surface area (Å²) in [5.41, 5.74) is 1.68. The number of halogens is 3. The molecule has 1 aliphatic rings. The van der Waals surface area contributed by atoms with E-state index in [9.17, 15) is 13.2 Å². The first-order chi connectivity index (χ1) is 13.4. The van der Waals surface area contributed by atoms with Gasteiger partial charge in [0.25, 0.3) is 0 Å². The summed E-state index contributed by atoms with van der Waals surface area (Å²) >= 11 is 0. The molecule has 0 aliphatic carbocycles. The summed E-state index contributed by atoms with van der Waals surface area (Å²) in [7, 11) is 1.62. The Bertz CT molecular complexity index is 759. The van der Waals surface area contributed by atoms with Crippen LogP contribution < -0.4 is 9.47 Å². The third-order valence-corrected chi connectivity index (χ3v) is 5.16. The highest BCUT2D eigenvalue weighted by atomic mass is 19.4. The fourth-order valence-corrected chi connectivity index (χ4v) is 3.70. The van der Waals surface area contributed by atoms with Crippen molar-refractivity contribution in [2.75, 3.05) is 20.2 Å². The molecule has 0 unspecified atom stereocenters. The Labute approximate surface area is 163 Å². The summed E-state index contributed by atoms with van der Waals surface area (Å²) in [5, 5.41) is 0. The van der Waals surface area contributed by atoms with Gasteiger partial charge in [0, 0.05) is 18.3 Å². The number of para-hydroxylation sites is 1. The Morgan fingerprint density at radius 2 is 1.79 bits per heavy atom. The smallest absolute Gasteiger partial charge is 0.481 e. The molecular formula is C21H25F3N2O2. The summed E-state index contributed by atoms with van der Waals surface area (Å²) in [4.78, 5) is 6.61. The van der Waals surface area contributed by atoms with E-state index in [1.807, 2.05) is 12.1 Å². The molecule has 2 aromatic rings. The predicted molar refractivity (Wildman–Crippen MR) is 100 cm³/mol. The number of aryl methyl sites for hydroxylation is 1. The van der Waals surface area contributed by atoms with E-state index in [-0.39, 0.29) is 5.75 Å². The summed E-state index contributed by atoms with van der Waals surface area (Å²) in [5.74, 6) is 1.08. The van der Waals surface area contributed by atoms with Gasteiger partial charge in [-0.2, -0.15) is 0 Å². The zero-order valence-electron chi connectivity index (χ0n) is 15.9. The molecule has 0 saturated carbocycles. The first-order valence-electron chi connectivity index (χ1n) is 9.48. The number of piperidine rings is 1. The molecule has 0 atom stereocenters. The molecule has 0 spiro atoms. The standard InChI is InChI=1S/C21H25F3N2O2/c1-27-20-18(6-4-12-25-20)15-26-13-10-16(11-14-26)8-9-17-5-2-3-7-19(17)28-21(22,23)24/h2-7,12,16H,8-11,13-15H2,1H3. The number of ether oxygens (including phenoxy) is 2. The van der Waals surface area contributed by atoms with E-state index in [1.54, 1.807) is 31.5 Å². The molecule has 152 valence electrons. The topological polar surface area (TPSA) is 34.6 Å². The van der Waals surface area contributed by atoms with Gasteiger partial charge < -0.3 is 9.47 Å². The lowest BCUT2D eigenvalue weighted by Crippen LogP contribution is -2.33. The third-order valence-electron chi connectivity index (χ3n) is 5.16. The molecule has 1 aromatic heterocycles. The van der Waals surface area contributed by atoms with E-state index in [0.29, 0.717) is 23.8 Å². The Morgan fingerprint density at radius 3 is 2.50 bits per heavy atom. The minimum atomic E-state index is -4.66. The molecular weight excluding hydrogens is 369 g/mol. The van der Waals surface area contributed by atoms with E-state index in [1.165, 1.54) is 6.07 Å². The van der Waals surface area contributed by atoms with Gasteiger partial charge in [0.15, 0.2) is 0 Å². The van der Waals surface area contributed by atoms with Crippen molar-refractivity contribution in [1.82, 2.24) is 9.88 Å². The van der Waals surface area contributed by atoms with Gasteiger partial charge in [-0.05, 0) is 62.4 Å². The number of benzene rings is 1. The second-order valence-electron chi connectivity index (χ2n) is 7.09. The Morgan fingerprint density at radius 1 is 1.07 bits per heavy atom. The minimum absolute atomic E-state index is 0.0869. The molecule has 1 fully saturated rings. The highest BCUT2D eigenvalue weighted by Gasteiger charge is 2.32. The zero-order chi connectivity index (χ0) is 20.0. The van der Waals surface area contributed by atoms with Crippen LogP contribution in [-0.2, 0) is 13.0 Å². The van der Waals surface area contributed by atoms with Crippen LogP contribution in [0.5, 0.6) is 11.6 Å². The maximum absolute atomic E-state index is 12.6. The van der Waals surface area contributed by atoms with Crippen LogP contribution in [0.15, 0.2) is 42.6 Å². The summed E-state index contributed by atoms with van der Waals surface area (Å²) in [6, 6.07) is 10.3. The molecule has 1 aromatic carbocycles. The largest absolute Gasteiger partial charge is 0.573 e. The van der Waals surface area contributed by atoms with Crippen molar-refractivity contribution in [3.8, 4) is 11.6 Å². The van der Waals surface area contributed by atoms with E-state index >= 15 is 0 Å². The van der Waals surface area contributed by atoms with Gasteiger partial charge in [-0.1, -0.05) is 24.3 Å². The second-order valence-corrected chi connectivity index (χ2v) is 7.09. The number of nitrogens with zero attached hydrogens (tertiary/aromatic N) is 2. The van der Waals surface area contributed by atoms with Gasteiger partial charge in [0.05, 0.1) is 7.11 Å². The molecule has 0 N–H and O–H groups in total. The lowest BCUT2D eigenvalue weighted by Gasteiger charge is -2.32. The van der Waals surface area contributed by atoms with Gasteiger partial charge in [0.1, 0.15) is 5.75 Å². The first-order valence-corrected chi connectivity index (χ1v) is 9.48. The van der Waals surface area contributed by atoms with E-state index < -0.39 is 6.36 Å². The zero-order valence-corrected chi connectivity index (χ0v) is 15.9. The first kappa shape index (κ1) is 20.5. The number of hydrogen-bond acceptors (Lipinski definition) is 4. The van der Waals surface area contributed by atoms with Crippen LogP contribution >= 0.6 is 0 Å². The number of likely N-dealkylation sites (tertiary alicyclic amines) is 1. The monoisotopic (exact) mass is 394 g/mol. The average molecular weight is 394 g/mol. The van der Waals surface area contributed by atoms with Crippen molar-refractivity contribution in [2.45, 2.75) is 38.6 Å². The average Bonchev–Trinajstić information content (AvgIpc) is 2.68. The van der Waals surface area contributed by atoms with Crippen LogP contribution in [0.4, 0.5) is 13.2 Å². The van der Waals surface area contributed by atoms with E-state index in [0.717, 1.165) is 44.5 Å². The van der Waals surface area contributed by atoms with Crippen molar-refractivity contribution in [3.63, 3.8) is 0 Å². The number of rotatable bonds is 7. The van der Waals surface area contributed by atoms with Crippen LogP contribution in [0.25, 0.3) is 0 Å². The SMILES string of the molecule is COc1ncccc1CN1CCC(CCc2ccccc2OC(F)(F)F)CC1. The fraction of sp³-hybridized carbons (Fsp3) is 0.476. The summed E-state index contributed by atoms with van der Waals surface area (Å²) in [6.45, 7) is 2.72. The van der Waals surface area contributed by atoms with Crippen molar-refractivity contribution < 1.29 is 22.6 Å². The molecule has 1 aliphatic heterocycles. The van der Waals surface area contributed by atoms with E-state index in [2.05, 4.69) is 14.6 Å². The van der Waals surface area contributed by atoms with Crippen molar-refractivity contribution in [1.29, 1.82) is 0 Å². The minimum Gasteiger partial charge on any atom is -0.481 e. The summed E-state index contributed by atoms with van der Waals surface area (Å²) < 4.78 is 47.1. The van der Waals surface area contributed by atoms with Gasteiger partial charge >= 0.3 is 6.36 Å². The number of hydrogen-bond donors (Lipinski definition) is 0. The van der Waals surface area contributed by atoms with Gasteiger partial charge in [-0.15, -0.1) is 13.2 Å². The maximum atomic E-state index is 12.6. The molecule has 0 bridgehead atoms. The Kier molecular flexibility index (Phi) is 6.78. The van der Waals surface area contributed by atoms with Crippen LogP contribution in [0, 0.1) is 5.92 Å². The second kappa shape index (κ2) is 9.28. The number of pyridine rings is 1. The van der Waals surface area contributed by atoms with Crippen molar-refractivity contribution >= 4 is 0 Å². The van der Waals surface area contributed by atoms with E-state index in [4.69, 9.17) is 4.74 Å². The Hall–Kier alpha value is -2.28. The predicted octanol–water partition coefficient (Wildman–Crippen LogP) is 4.83. The molecule has 3 rings (SSSR count). The highest BCUT2D eigenvalue weighted by Crippen LogP contribution is 2.30. The quantitative estimate of drug-likeness (QED) is 0.674. The number of alkyl halides is 3. The lowest BCUT2D eigenvalue weighted by molar-refractivity contribution is -0.274. The normalized spacial score (nSPS) is 16.1. The molecule has 1 saturated heterocycles. The molecule has 2 heterocycles. The van der Waals surface area contributed by atoms with Gasteiger partial charge in [0.2, 0.25) is 5.88 Å². The van der Waals surface area contributed by atoms with Gasteiger partial charge in [-0.3, -0.25) is 4.90 Å². The number of methoxy groups -OCH3 is 1. The van der Waals surface area contributed by atoms with Crippen molar-refractivity contribution in [3.05, 3.63) is 53.7 Å². The molecule has 0 radical (unpaired) electrons. The highest BCUT2D eigenvalue weighted by molar-refractivity contribution is 5.33.